The summed E-state index contributed by atoms with van der Waals surface area (Å²) in [6.45, 7) is 3.80. The second-order valence-electron chi connectivity index (χ2n) is 9.41. The molecule has 4 heterocycles. The Morgan fingerprint density at radius 2 is 1.91 bits per heavy atom. The molecule has 0 saturated carbocycles. The third-order valence-electron chi connectivity index (χ3n) is 7.17. The maximum atomic E-state index is 13.5. The van der Waals surface area contributed by atoms with E-state index in [2.05, 4.69) is 20.5 Å². The van der Waals surface area contributed by atoms with Gasteiger partial charge in [-0.25, -0.2) is 0 Å². The molecule has 0 spiro atoms. The van der Waals surface area contributed by atoms with Gasteiger partial charge in [-0.05, 0) is 62.0 Å². The Balaban J connectivity index is 1.40. The Kier molecular flexibility index (Phi) is 6.69. The predicted octanol–water partition coefficient (Wildman–Crippen LogP) is 1.99. The number of nitrogens with zero attached hydrogens (tertiary/aromatic N) is 3. The molecule has 3 amide bonds. The van der Waals surface area contributed by atoms with Crippen LogP contribution in [0.4, 0.5) is 0 Å². The van der Waals surface area contributed by atoms with Crippen molar-refractivity contribution in [1.29, 1.82) is 0 Å². The van der Waals surface area contributed by atoms with Crippen molar-refractivity contribution in [2.75, 3.05) is 13.1 Å². The Morgan fingerprint density at radius 3 is 2.74 bits per heavy atom. The molecule has 3 aliphatic rings. The third kappa shape index (κ3) is 4.74. The monoisotopic (exact) mass is 461 g/mol. The molecule has 2 N–H and O–H groups in total. The highest BCUT2D eigenvalue weighted by molar-refractivity contribution is 6.06. The average Bonchev–Trinajstić information content (AvgIpc) is 3.00. The minimum absolute atomic E-state index is 0.111. The van der Waals surface area contributed by atoms with Crippen LogP contribution in [0, 0.1) is 0 Å². The molecule has 0 radical (unpaired) electrons. The van der Waals surface area contributed by atoms with Gasteiger partial charge in [0.1, 0.15) is 6.04 Å². The highest BCUT2D eigenvalue weighted by atomic mass is 16.2. The van der Waals surface area contributed by atoms with E-state index >= 15 is 0 Å². The summed E-state index contributed by atoms with van der Waals surface area (Å²) in [5.41, 5.74) is 3.67. The lowest BCUT2D eigenvalue weighted by Crippen LogP contribution is -2.52. The second kappa shape index (κ2) is 10.0. The van der Waals surface area contributed by atoms with Crippen LogP contribution in [0.15, 0.2) is 42.6 Å². The maximum Gasteiger partial charge on any atom is 0.255 e. The summed E-state index contributed by atoms with van der Waals surface area (Å²) < 4.78 is 0. The summed E-state index contributed by atoms with van der Waals surface area (Å²) in [6.07, 6.45) is 5.74. The van der Waals surface area contributed by atoms with Crippen LogP contribution in [0.5, 0.6) is 0 Å². The molecule has 2 fully saturated rings. The lowest BCUT2D eigenvalue weighted by molar-refractivity contribution is -0.136. The van der Waals surface area contributed by atoms with Gasteiger partial charge in [-0.2, -0.15) is 0 Å². The fraction of sp³-hybridized carbons (Fsp3) is 0.462. The van der Waals surface area contributed by atoms with E-state index in [1.54, 1.807) is 4.90 Å². The molecular formula is C26H31N5O3. The molecule has 34 heavy (non-hydrogen) atoms. The molecule has 3 aliphatic heterocycles. The number of hydrogen-bond donors (Lipinski definition) is 2. The topological polar surface area (TPSA) is 94.6 Å². The van der Waals surface area contributed by atoms with Gasteiger partial charge in [-0.3, -0.25) is 29.6 Å². The number of carbonyl (C=O) groups is 3. The van der Waals surface area contributed by atoms with Gasteiger partial charge in [0, 0.05) is 43.9 Å². The molecule has 1 aromatic heterocycles. The van der Waals surface area contributed by atoms with E-state index in [-0.39, 0.29) is 24.1 Å². The van der Waals surface area contributed by atoms with Crippen molar-refractivity contribution in [3.63, 3.8) is 0 Å². The van der Waals surface area contributed by atoms with Crippen LogP contribution in [0.25, 0.3) is 0 Å². The van der Waals surface area contributed by atoms with Crippen molar-refractivity contribution >= 4 is 17.7 Å². The van der Waals surface area contributed by atoms with Crippen LogP contribution in [0.1, 0.15) is 59.3 Å². The molecule has 8 nitrogen and oxygen atoms in total. The van der Waals surface area contributed by atoms with Crippen molar-refractivity contribution in [3.05, 3.63) is 65.0 Å². The van der Waals surface area contributed by atoms with Gasteiger partial charge in [-0.15, -0.1) is 0 Å². The van der Waals surface area contributed by atoms with Crippen LogP contribution in [0.2, 0.25) is 0 Å². The summed E-state index contributed by atoms with van der Waals surface area (Å²) >= 11 is 0. The average molecular weight is 462 g/mol. The zero-order chi connectivity index (χ0) is 23.5. The standard InChI is InChI=1S/C26H31N5O3/c32-23-10-9-22(25(33)29-23)31-16-19-6-3-5-18(24(19)26(31)34)15-30(17-20-7-1-2-13-28-20)21-8-4-12-27-14-11-21/h1-3,5-7,13,21-22,27H,4,8-12,14-17H2,(H,29,32,33). The highest BCUT2D eigenvalue weighted by Gasteiger charge is 2.40. The second-order valence-corrected chi connectivity index (χ2v) is 9.41. The van der Waals surface area contributed by atoms with Crippen LogP contribution in [0.3, 0.4) is 0 Å². The van der Waals surface area contributed by atoms with E-state index in [4.69, 9.17) is 0 Å². The van der Waals surface area contributed by atoms with Gasteiger partial charge < -0.3 is 10.2 Å². The number of rotatable bonds is 6. The van der Waals surface area contributed by atoms with Gasteiger partial charge in [0.05, 0.1) is 5.69 Å². The first-order chi connectivity index (χ1) is 16.6. The minimum Gasteiger partial charge on any atom is -0.322 e. The van der Waals surface area contributed by atoms with Crippen LogP contribution < -0.4 is 10.6 Å². The van der Waals surface area contributed by atoms with E-state index in [1.165, 1.54) is 0 Å². The summed E-state index contributed by atoms with van der Waals surface area (Å²) in [4.78, 5) is 46.2. The van der Waals surface area contributed by atoms with Gasteiger partial charge in [0.15, 0.2) is 0 Å². The third-order valence-corrected chi connectivity index (χ3v) is 7.17. The fourth-order valence-corrected chi connectivity index (χ4v) is 5.42. The minimum atomic E-state index is -0.594. The van der Waals surface area contributed by atoms with Crippen LogP contribution in [-0.4, -0.2) is 57.7 Å². The quantitative estimate of drug-likeness (QED) is 0.639. The number of aromatic nitrogens is 1. The Bertz CT molecular complexity index is 1070. The zero-order valence-electron chi connectivity index (χ0n) is 19.3. The van der Waals surface area contributed by atoms with E-state index in [0.29, 0.717) is 31.1 Å². The van der Waals surface area contributed by atoms with Gasteiger partial charge in [0.25, 0.3) is 5.91 Å². The van der Waals surface area contributed by atoms with Crippen LogP contribution in [-0.2, 0) is 29.2 Å². The summed E-state index contributed by atoms with van der Waals surface area (Å²) in [7, 11) is 0. The summed E-state index contributed by atoms with van der Waals surface area (Å²) in [5, 5.41) is 5.88. The number of nitrogens with one attached hydrogen (secondary N) is 2. The van der Waals surface area contributed by atoms with Gasteiger partial charge in [0.2, 0.25) is 11.8 Å². The maximum absolute atomic E-state index is 13.5. The van der Waals surface area contributed by atoms with Gasteiger partial charge >= 0.3 is 0 Å². The van der Waals surface area contributed by atoms with Crippen molar-refractivity contribution in [2.45, 2.75) is 63.8 Å². The molecule has 1 aromatic carbocycles. The lowest BCUT2D eigenvalue weighted by Gasteiger charge is -2.31. The molecule has 0 bridgehead atoms. The molecule has 2 atom stereocenters. The van der Waals surface area contributed by atoms with E-state index in [0.717, 1.165) is 55.7 Å². The van der Waals surface area contributed by atoms with Crippen molar-refractivity contribution in [3.8, 4) is 0 Å². The first-order valence-electron chi connectivity index (χ1n) is 12.2. The number of fused-ring (bicyclic) bond motifs is 1. The number of pyridine rings is 1. The Labute approximate surface area is 199 Å². The number of imide groups is 1. The predicted molar refractivity (Wildman–Crippen MR) is 126 cm³/mol. The zero-order valence-corrected chi connectivity index (χ0v) is 19.3. The molecule has 2 unspecified atom stereocenters. The van der Waals surface area contributed by atoms with Crippen LogP contribution >= 0.6 is 0 Å². The molecule has 0 aliphatic carbocycles. The number of amides is 3. The molecule has 2 saturated heterocycles. The largest absolute Gasteiger partial charge is 0.322 e. The van der Waals surface area contributed by atoms with Crippen molar-refractivity contribution < 1.29 is 14.4 Å². The van der Waals surface area contributed by atoms with E-state index in [1.807, 2.05) is 42.6 Å². The van der Waals surface area contributed by atoms with E-state index < -0.39 is 6.04 Å². The lowest BCUT2D eigenvalue weighted by atomic mass is 10.00. The number of carbonyl (C=O) groups excluding carboxylic acids is 3. The van der Waals surface area contributed by atoms with Gasteiger partial charge in [-0.1, -0.05) is 24.3 Å². The van der Waals surface area contributed by atoms with Crippen molar-refractivity contribution in [2.24, 2.45) is 0 Å². The molecule has 2 aromatic rings. The Hall–Kier alpha value is -3.10. The SMILES string of the molecule is O=C1CCC(N2Cc3cccc(CN(Cc4ccccn4)C4CCCNCC4)c3C2=O)C(=O)N1. The molecular weight excluding hydrogens is 430 g/mol. The first kappa shape index (κ1) is 22.7. The normalized spacial score (nSPS) is 23.1. The van der Waals surface area contributed by atoms with Crippen molar-refractivity contribution in [1.82, 2.24) is 25.4 Å². The summed E-state index contributed by atoms with van der Waals surface area (Å²) in [6, 6.07) is 11.8. The Morgan fingerprint density at radius 1 is 1.00 bits per heavy atom. The number of piperidine rings is 1. The number of hydrogen-bond acceptors (Lipinski definition) is 6. The highest BCUT2D eigenvalue weighted by Crippen LogP contribution is 2.31. The first-order valence-corrected chi connectivity index (χ1v) is 12.2. The van der Waals surface area contributed by atoms with E-state index in [9.17, 15) is 14.4 Å². The molecule has 8 heteroatoms. The molecule has 178 valence electrons. The summed E-state index contributed by atoms with van der Waals surface area (Å²) in [5.74, 6) is -0.753. The number of benzene rings is 1. The fourth-order valence-electron chi connectivity index (χ4n) is 5.42. The molecule has 5 rings (SSSR count). The smallest absolute Gasteiger partial charge is 0.255 e.